The van der Waals surface area contributed by atoms with Gasteiger partial charge < -0.3 is 14.4 Å². The van der Waals surface area contributed by atoms with E-state index < -0.39 is 0 Å². The van der Waals surface area contributed by atoms with E-state index in [0.717, 1.165) is 36.3 Å². The third kappa shape index (κ3) is 3.20. The standard InChI is InChI=1S/C20H23N5O2/c1-13-6-5-7-18(14(13)2)27-17-11-24(12-17)20-23-22-15(3)25(20)16-8-9-19(26-4)21-10-16/h5-10,17H,11-12H2,1-4H3. The van der Waals surface area contributed by atoms with E-state index in [1.54, 1.807) is 13.3 Å². The second-order valence-electron chi connectivity index (χ2n) is 6.78. The zero-order valence-corrected chi connectivity index (χ0v) is 16.0. The van der Waals surface area contributed by atoms with E-state index in [4.69, 9.17) is 9.47 Å². The Labute approximate surface area is 158 Å². The van der Waals surface area contributed by atoms with Crippen molar-refractivity contribution in [2.24, 2.45) is 0 Å². The number of benzene rings is 1. The molecule has 0 amide bonds. The first-order chi connectivity index (χ1) is 13.1. The van der Waals surface area contributed by atoms with Gasteiger partial charge >= 0.3 is 0 Å². The third-order valence-electron chi connectivity index (χ3n) is 4.98. The summed E-state index contributed by atoms with van der Waals surface area (Å²) in [5, 5.41) is 8.60. The highest BCUT2D eigenvalue weighted by Gasteiger charge is 2.33. The van der Waals surface area contributed by atoms with Crippen LogP contribution in [0.4, 0.5) is 5.95 Å². The molecular formula is C20H23N5O2. The lowest BCUT2D eigenvalue weighted by Gasteiger charge is -2.39. The number of aryl methyl sites for hydroxylation is 2. The van der Waals surface area contributed by atoms with Crippen molar-refractivity contribution in [3.8, 4) is 17.3 Å². The van der Waals surface area contributed by atoms with Crippen molar-refractivity contribution in [3.63, 3.8) is 0 Å². The molecular weight excluding hydrogens is 342 g/mol. The second-order valence-corrected chi connectivity index (χ2v) is 6.78. The van der Waals surface area contributed by atoms with Crippen LogP contribution < -0.4 is 14.4 Å². The molecule has 0 saturated carbocycles. The highest BCUT2D eigenvalue weighted by molar-refractivity contribution is 5.46. The normalized spacial score (nSPS) is 14.1. The number of methoxy groups -OCH3 is 1. The van der Waals surface area contributed by atoms with Crippen molar-refractivity contribution < 1.29 is 9.47 Å². The number of hydrogen-bond acceptors (Lipinski definition) is 6. The highest BCUT2D eigenvalue weighted by Crippen LogP contribution is 2.28. The molecule has 3 heterocycles. The number of pyridine rings is 1. The van der Waals surface area contributed by atoms with Crippen molar-refractivity contribution in [2.45, 2.75) is 26.9 Å². The van der Waals surface area contributed by atoms with Crippen molar-refractivity contribution in [3.05, 3.63) is 53.5 Å². The van der Waals surface area contributed by atoms with Crippen LogP contribution >= 0.6 is 0 Å². The first-order valence-corrected chi connectivity index (χ1v) is 8.97. The van der Waals surface area contributed by atoms with Crippen LogP contribution in [0.2, 0.25) is 0 Å². The van der Waals surface area contributed by atoms with Crippen molar-refractivity contribution in [1.82, 2.24) is 19.7 Å². The Balaban J connectivity index is 1.49. The molecule has 3 aromatic rings. The highest BCUT2D eigenvalue weighted by atomic mass is 16.5. The van der Waals surface area contributed by atoms with Gasteiger partial charge in [-0.15, -0.1) is 10.2 Å². The molecule has 0 bridgehead atoms. The molecule has 1 aliphatic rings. The summed E-state index contributed by atoms with van der Waals surface area (Å²) in [4.78, 5) is 6.45. The average molecular weight is 365 g/mol. The lowest BCUT2D eigenvalue weighted by atomic mass is 10.1. The molecule has 140 valence electrons. The van der Waals surface area contributed by atoms with Gasteiger partial charge in [0.05, 0.1) is 32.1 Å². The largest absolute Gasteiger partial charge is 0.486 e. The van der Waals surface area contributed by atoms with Gasteiger partial charge in [0.15, 0.2) is 0 Å². The zero-order chi connectivity index (χ0) is 19.0. The molecule has 1 saturated heterocycles. The fraction of sp³-hybridized carbons (Fsp3) is 0.350. The molecule has 7 nitrogen and oxygen atoms in total. The third-order valence-corrected chi connectivity index (χ3v) is 4.98. The second kappa shape index (κ2) is 6.90. The van der Waals surface area contributed by atoms with Crippen molar-refractivity contribution >= 4 is 5.95 Å². The van der Waals surface area contributed by atoms with Gasteiger partial charge in [0.25, 0.3) is 0 Å². The summed E-state index contributed by atoms with van der Waals surface area (Å²) in [6.07, 6.45) is 1.91. The van der Waals surface area contributed by atoms with E-state index in [-0.39, 0.29) is 6.10 Å². The number of aromatic nitrogens is 4. The van der Waals surface area contributed by atoms with Gasteiger partial charge in [-0.1, -0.05) is 12.1 Å². The maximum Gasteiger partial charge on any atom is 0.232 e. The van der Waals surface area contributed by atoms with Gasteiger partial charge in [-0.2, -0.15) is 0 Å². The smallest absolute Gasteiger partial charge is 0.232 e. The van der Waals surface area contributed by atoms with Crippen LogP contribution in [0.25, 0.3) is 5.69 Å². The summed E-state index contributed by atoms with van der Waals surface area (Å²) in [5.74, 6) is 3.16. The quantitative estimate of drug-likeness (QED) is 0.693. The topological polar surface area (TPSA) is 65.3 Å². The van der Waals surface area contributed by atoms with Gasteiger partial charge in [0.2, 0.25) is 11.8 Å². The Morgan fingerprint density at radius 2 is 1.85 bits per heavy atom. The van der Waals surface area contributed by atoms with Crippen LogP contribution in [-0.4, -0.2) is 46.1 Å². The van der Waals surface area contributed by atoms with Gasteiger partial charge in [-0.05, 0) is 44.0 Å². The average Bonchev–Trinajstić information content (AvgIpc) is 3.02. The Kier molecular flexibility index (Phi) is 4.43. The molecule has 1 aromatic carbocycles. The number of hydrogen-bond donors (Lipinski definition) is 0. The van der Waals surface area contributed by atoms with Crippen molar-refractivity contribution in [2.75, 3.05) is 25.1 Å². The van der Waals surface area contributed by atoms with Crippen LogP contribution in [0.3, 0.4) is 0 Å². The molecule has 1 aliphatic heterocycles. The number of nitrogens with zero attached hydrogens (tertiary/aromatic N) is 5. The van der Waals surface area contributed by atoms with Crippen molar-refractivity contribution in [1.29, 1.82) is 0 Å². The maximum atomic E-state index is 6.17. The van der Waals surface area contributed by atoms with Gasteiger partial charge in [0.1, 0.15) is 17.7 Å². The fourth-order valence-corrected chi connectivity index (χ4v) is 3.19. The maximum absolute atomic E-state index is 6.17. The van der Waals surface area contributed by atoms with E-state index >= 15 is 0 Å². The van der Waals surface area contributed by atoms with E-state index in [1.807, 2.05) is 35.8 Å². The van der Waals surface area contributed by atoms with Crippen LogP contribution in [0.15, 0.2) is 36.5 Å². The molecule has 0 unspecified atom stereocenters. The molecule has 0 spiro atoms. The minimum atomic E-state index is 0.143. The molecule has 0 aliphatic carbocycles. The Hall–Kier alpha value is -3.09. The number of anilines is 1. The van der Waals surface area contributed by atoms with Crippen LogP contribution in [0.1, 0.15) is 17.0 Å². The lowest BCUT2D eigenvalue weighted by molar-refractivity contribution is 0.164. The number of rotatable bonds is 5. The van der Waals surface area contributed by atoms with E-state index in [2.05, 4.69) is 40.0 Å². The SMILES string of the molecule is COc1ccc(-n2c(C)nnc2N2CC(Oc3cccc(C)c3C)C2)cn1. The van der Waals surface area contributed by atoms with Gasteiger partial charge in [0, 0.05) is 6.07 Å². The predicted octanol–water partition coefficient (Wildman–Crippen LogP) is 2.86. The van der Waals surface area contributed by atoms with E-state index in [9.17, 15) is 0 Å². The first-order valence-electron chi connectivity index (χ1n) is 8.97. The Morgan fingerprint density at radius 3 is 2.56 bits per heavy atom. The Morgan fingerprint density at radius 1 is 1.04 bits per heavy atom. The zero-order valence-electron chi connectivity index (χ0n) is 16.0. The van der Waals surface area contributed by atoms with Crippen LogP contribution in [0.5, 0.6) is 11.6 Å². The minimum absolute atomic E-state index is 0.143. The minimum Gasteiger partial charge on any atom is -0.486 e. The summed E-state index contributed by atoms with van der Waals surface area (Å²) in [6, 6.07) is 9.95. The van der Waals surface area contributed by atoms with Crippen LogP contribution in [0, 0.1) is 20.8 Å². The van der Waals surface area contributed by atoms with E-state index in [1.165, 1.54) is 11.1 Å². The number of ether oxygens (including phenoxy) is 2. The monoisotopic (exact) mass is 365 g/mol. The molecule has 7 heteroatoms. The molecule has 2 aromatic heterocycles. The fourth-order valence-electron chi connectivity index (χ4n) is 3.19. The summed E-state index contributed by atoms with van der Waals surface area (Å²) in [6.45, 7) is 7.68. The summed E-state index contributed by atoms with van der Waals surface area (Å²) in [5.41, 5.74) is 3.34. The van der Waals surface area contributed by atoms with Gasteiger partial charge in [-0.3, -0.25) is 4.57 Å². The first kappa shape index (κ1) is 17.3. The van der Waals surface area contributed by atoms with Crippen LogP contribution in [-0.2, 0) is 0 Å². The molecule has 27 heavy (non-hydrogen) atoms. The molecule has 0 radical (unpaired) electrons. The molecule has 4 rings (SSSR count). The summed E-state index contributed by atoms with van der Waals surface area (Å²) < 4.78 is 13.3. The summed E-state index contributed by atoms with van der Waals surface area (Å²) in [7, 11) is 1.60. The van der Waals surface area contributed by atoms with E-state index in [0.29, 0.717) is 5.88 Å². The Bertz CT molecular complexity index is 946. The molecule has 0 atom stereocenters. The molecule has 0 N–H and O–H groups in total. The summed E-state index contributed by atoms with van der Waals surface area (Å²) >= 11 is 0. The lowest BCUT2D eigenvalue weighted by Crippen LogP contribution is -2.55. The van der Waals surface area contributed by atoms with Gasteiger partial charge in [-0.25, -0.2) is 4.98 Å². The predicted molar refractivity (Wildman–Crippen MR) is 103 cm³/mol. The molecule has 1 fully saturated rings.